The summed E-state index contributed by atoms with van der Waals surface area (Å²) in [7, 11) is -9.30. The zero-order valence-electron chi connectivity index (χ0n) is 18.2. The first-order valence-electron chi connectivity index (χ1n) is 9.35. The number of rotatable bonds is 9. The number of halogens is 2. The molecule has 0 aliphatic rings. The molecule has 0 aliphatic heterocycles. The van der Waals surface area contributed by atoms with E-state index in [1.54, 1.807) is 27.7 Å². The van der Waals surface area contributed by atoms with E-state index < -0.39 is 37.3 Å². The molecule has 0 aromatic carbocycles. The van der Waals surface area contributed by atoms with Crippen molar-refractivity contribution in [2.75, 3.05) is 0 Å². The van der Waals surface area contributed by atoms with Crippen LogP contribution in [0.15, 0.2) is 30.6 Å². The predicted molar refractivity (Wildman–Crippen MR) is 115 cm³/mol. The van der Waals surface area contributed by atoms with Gasteiger partial charge in [0.1, 0.15) is 0 Å². The fourth-order valence-electron chi connectivity index (χ4n) is 1.95. The monoisotopic (exact) mass is 491 g/mol. The highest BCUT2D eigenvalue weighted by molar-refractivity contribution is 7.79. The fraction of sp³-hybridized carbons (Fsp3) is 0.722. The molecule has 0 saturated heterocycles. The van der Waals surface area contributed by atoms with Crippen molar-refractivity contribution in [1.82, 2.24) is 0 Å². The quantitative estimate of drug-likeness (QED) is 0.252. The van der Waals surface area contributed by atoms with E-state index in [4.69, 9.17) is 36.8 Å². The maximum atomic E-state index is 12.7. The van der Waals surface area contributed by atoms with Crippen LogP contribution in [0.3, 0.4) is 0 Å². The summed E-state index contributed by atoms with van der Waals surface area (Å²) in [4.78, 5) is 12.1. The molecule has 0 N–H and O–H groups in total. The lowest BCUT2D eigenvalue weighted by atomic mass is 10.3. The van der Waals surface area contributed by atoms with Crippen LogP contribution in [0.4, 0.5) is 0 Å². The summed E-state index contributed by atoms with van der Waals surface area (Å²) in [5.74, 6) is 0. The second-order valence-corrected chi connectivity index (χ2v) is 14.1. The second kappa shape index (κ2) is 12.2. The van der Waals surface area contributed by atoms with Crippen LogP contribution in [0.5, 0.6) is 0 Å². The van der Waals surface area contributed by atoms with E-state index in [2.05, 4.69) is 30.8 Å². The Kier molecular flexibility index (Phi) is 12.2. The van der Waals surface area contributed by atoms with Gasteiger partial charge in [0.05, 0.1) is 18.3 Å². The minimum absolute atomic E-state index is 0.575. The minimum atomic E-state index is -4.92. The first-order valence-corrected chi connectivity index (χ1v) is 13.2. The number of hydrogen-bond donors (Lipinski definition) is 0. The smallest absolute Gasteiger partial charge is 0.375 e. The van der Waals surface area contributed by atoms with Gasteiger partial charge in [0.2, 0.25) is 0 Å². The number of alkyl halides is 2. The van der Waals surface area contributed by atoms with Crippen molar-refractivity contribution in [3.63, 3.8) is 0 Å². The maximum absolute atomic E-state index is 12.7. The van der Waals surface area contributed by atoms with E-state index >= 15 is 0 Å². The van der Waals surface area contributed by atoms with Crippen molar-refractivity contribution in [2.45, 2.75) is 83.6 Å². The van der Waals surface area contributed by atoms with Crippen molar-refractivity contribution in [2.24, 2.45) is 0 Å². The third-order valence-corrected chi connectivity index (χ3v) is 10.4. The zero-order chi connectivity index (χ0) is 23.0. The van der Waals surface area contributed by atoms with Gasteiger partial charge >= 0.3 is 7.60 Å². The molecule has 0 fully saturated rings. The Morgan fingerprint density at radius 3 is 1.45 bits per heavy atom. The molecule has 1 heterocycles. The van der Waals surface area contributed by atoms with Gasteiger partial charge in [-0.1, -0.05) is 29.3 Å². The van der Waals surface area contributed by atoms with E-state index in [0.29, 0.717) is 6.04 Å². The van der Waals surface area contributed by atoms with Crippen LogP contribution < -0.4 is 9.46 Å². The third kappa shape index (κ3) is 9.37. The number of pyridine rings is 1. The molecule has 0 amide bonds. The standard InChI is InChI=1S/C10H22Cl2O6P2.C8H12N/c1-7(2)16-19(13,14)10(11,12)20(15,17-8(3)4)18-9(5)6;1-8(2)9-6-4-3-5-7-9/h7-9H,1-6H3,(H,13,14);3-8H,1-2H3/q;+1/p-1. The lowest BCUT2D eigenvalue weighted by Crippen LogP contribution is -2.34. The largest absolute Gasteiger partial charge is 0.776 e. The molecule has 1 rings (SSSR count). The Labute approximate surface area is 184 Å². The molecule has 0 bridgehead atoms. The fourth-order valence-corrected chi connectivity index (χ4v) is 6.39. The molecule has 29 heavy (non-hydrogen) atoms. The Morgan fingerprint density at radius 1 is 0.793 bits per heavy atom. The van der Waals surface area contributed by atoms with E-state index in [0.717, 1.165) is 0 Å². The maximum Gasteiger partial charge on any atom is 0.375 e. The molecule has 0 saturated carbocycles. The van der Waals surface area contributed by atoms with E-state index in [9.17, 15) is 14.0 Å². The van der Waals surface area contributed by atoms with Gasteiger partial charge < -0.3 is 23.0 Å². The van der Waals surface area contributed by atoms with Crippen LogP contribution >= 0.6 is 38.4 Å². The van der Waals surface area contributed by atoms with Gasteiger partial charge in [0.25, 0.3) is 3.82 Å². The van der Waals surface area contributed by atoms with Crippen LogP contribution in [0.25, 0.3) is 0 Å². The van der Waals surface area contributed by atoms with Crippen LogP contribution in [0.2, 0.25) is 0 Å². The van der Waals surface area contributed by atoms with Gasteiger partial charge in [-0.05, 0) is 55.4 Å². The highest BCUT2D eigenvalue weighted by Crippen LogP contribution is 2.79. The van der Waals surface area contributed by atoms with Gasteiger partial charge in [-0.15, -0.1) is 0 Å². The van der Waals surface area contributed by atoms with Crippen molar-refractivity contribution in [3.05, 3.63) is 30.6 Å². The molecular weight excluding hydrogens is 459 g/mol. The first kappa shape index (κ1) is 29.0. The van der Waals surface area contributed by atoms with Crippen LogP contribution in [-0.2, 0) is 22.7 Å². The lowest BCUT2D eigenvalue weighted by molar-refractivity contribution is -0.716. The number of aromatic nitrogens is 1. The summed E-state index contributed by atoms with van der Waals surface area (Å²) < 4.78 is 39.1. The topological polar surface area (TPSA) is 88.8 Å². The van der Waals surface area contributed by atoms with Crippen molar-refractivity contribution in [3.8, 4) is 0 Å². The Balaban J connectivity index is 0.000000717. The molecule has 7 nitrogen and oxygen atoms in total. The van der Waals surface area contributed by atoms with Crippen molar-refractivity contribution < 1.29 is 32.2 Å². The number of hydrogen-bond acceptors (Lipinski definition) is 6. The molecule has 1 aromatic rings. The molecule has 1 unspecified atom stereocenters. The molecular formula is C18H33Cl2NO6P2. The minimum Gasteiger partial charge on any atom is -0.776 e. The summed E-state index contributed by atoms with van der Waals surface area (Å²) in [6, 6.07) is 6.69. The third-order valence-electron chi connectivity index (χ3n) is 3.04. The molecule has 0 radical (unpaired) electrons. The predicted octanol–water partition coefficient (Wildman–Crippen LogP) is 5.65. The molecule has 11 heteroatoms. The zero-order valence-corrected chi connectivity index (χ0v) is 21.5. The SMILES string of the molecule is CC(C)OP(=O)([O-])C(Cl)(Cl)P(=O)(OC(C)C)OC(C)C.CC(C)[n+]1ccccc1. The van der Waals surface area contributed by atoms with Crippen molar-refractivity contribution >= 4 is 38.4 Å². The van der Waals surface area contributed by atoms with Gasteiger partial charge in [0, 0.05) is 12.1 Å². The van der Waals surface area contributed by atoms with Crippen LogP contribution in [0.1, 0.15) is 61.4 Å². The Hall–Kier alpha value is 0.0300. The molecule has 1 aromatic heterocycles. The summed E-state index contributed by atoms with van der Waals surface area (Å²) >= 11 is 11.6. The highest BCUT2D eigenvalue weighted by atomic mass is 35.5. The van der Waals surface area contributed by atoms with Crippen LogP contribution in [0, 0.1) is 0 Å². The summed E-state index contributed by atoms with van der Waals surface area (Å²) in [5, 5.41) is 0. The normalized spacial score (nSPS) is 14.9. The molecule has 1 atom stereocenters. The molecule has 170 valence electrons. The van der Waals surface area contributed by atoms with Crippen molar-refractivity contribution in [1.29, 1.82) is 0 Å². The lowest BCUT2D eigenvalue weighted by Gasteiger charge is -2.40. The molecule has 0 aliphatic carbocycles. The van der Waals surface area contributed by atoms with Gasteiger partial charge in [-0.2, -0.15) is 0 Å². The van der Waals surface area contributed by atoms with E-state index in [-0.39, 0.29) is 0 Å². The summed E-state index contributed by atoms with van der Waals surface area (Å²) in [5.41, 5.74) is 0. The molecule has 0 spiro atoms. The van der Waals surface area contributed by atoms with Gasteiger partial charge in [0.15, 0.2) is 26.0 Å². The van der Waals surface area contributed by atoms with Gasteiger partial charge in [-0.25, -0.2) is 4.57 Å². The van der Waals surface area contributed by atoms with E-state index in [1.165, 1.54) is 13.8 Å². The summed E-state index contributed by atoms with van der Waals surface area (Å²) in [6.07, 6.45) is 2.24. The first-order chi connectivity index (χ1) is 13.1. The highest BCUT2D eigenvalue weighted by Gasteiger charge is 2.58. The average molecular weight is 492 g/mol. The Morgan fingerprint density at radius 2 is 1.17 bits per heavy atom. The van der Waals surface area contributed by atoms with Gasteiger partial charge in [-0.3, -0.25) is 4.57 Å². The Bertz CT molecular complexity index is 685. The summed E-state index contributed by atoms with van der Waals surface area (Å²) in [6.45, 7) is 13.5. The second-order valence-electron chi connectivity index (χ2n) is 7.38. The van der Waals surface area contributed by atoms with E-state index in [1.807, 2.05) is 18.2 Å². The number of nitrogens with zero attached hydrogens (tertiary/aromatic N) is 1. The van der Waals surface area contributed by atoms with Crippen LogP contribution in [-0.4, -0.2) is 22.1 Å². The average Bonchev–Trinajstić information content (AvgIpc) is 2.53.